The molecule has 0 radical (unpaired) electrons. The van der Waals surface area contributed by atoms with Crippen molar-refractivity contribution in [3.05, 3.63) is 24.0 Å². The topological polar surface area (TPSA) is 86.0 Å². The van der Waals surface area contributed by atoms with Crippen molar-refractivity contribution in [2.45, 2.75) is 44.1 Å². The van der Waals surface area contributed by atoms with E-state index in [1.807, 2.05) is 6.07 Å². The van der Waals surface area contributed by atoms with Gasteiger partial charge in [0.05, 0.1) is 18.3 Å². The summed E-state index contributed by atoms with van der Waals surface area (Å²) >= 11 is 0. The summed E-state index contributed by atoms with van der Waals surface area (Å²) in [5.74, 6) is -0.781. The molecule has 1 heterocycles. The van der Waals surface area contributed by atoms with Crippen LogP contribution in [0.15, 0.2) is 18.3 Å². The number of pyridine rings is 1. The van der Waals surface area contributed by atoms with E-state index in [9.17, 15) is 4.79 Å². The fourth-order valence-electron chi connectivity index (χ4n) is 2.70. The van der Waals surface area contributed by atoms with Gasteiger partial charge in [0, 0.05) is 5.54 Å². The van der Waals surface area contributed by atoms with Crippen LogP contribution in [0, 0.1) is 11.3 Å². The highest BCUT2D eigenvalue weighted by Crippen LogP contribution is 2.34. The van der Waals surface area contributed by atoms with Gasteiger partial charge in [-0.25, -0.2) is 4.98 Å². The molecule has 1 aromatic heterocycles. The molecule has 1 aromatic rings. The summed E-state index contributed by atoms with van der Waals surface area (Å²) < 4.78 is 0. The maximum atomic E-state index is 11.1. The number of carboxylic acids is 1. The van der Waals surface area contributed by atoms with Crippen LogP contribution in [0.5, 0.6) is 0 Å². The molecule has 2 N–H and O–H groups in total. The Morgan fingerprint density at radius 1 is 1.42 bits per heavy atom. The highest BCUT2D eigenvalue weighted by Gasteiger charge is 2.34. The van der Waals surface area contributed by atoms with Gasteiger partial charge in [0.2, 0.25) is 0 Å². The second-order valence-electron chi connectivity index (χ2n) is 5.08. The maximum absolute atomic E-state index is 11.1. The summed E-state index contributed by atoms with van der Waals surface area (Å²) in [4.78, 5) is 15.1. The van der Waals surface area contributed by atoms with Crippen molar-refractivity contribution < 1.29 is 9.90 Å². The zero-order valence-corrected chi connectivity index (χ0v) is 10.7. The normalized spacial score (nSPS) is 17.4. The SMILES string of the molecule is N#Cc1ccc(NC2(CC(=O)O)CCCCC2)cn1. The third kappa shape index (κ3) is 3.44. The fourth-order valence-corrected chi connectivity index (χ4v) is 2.70. The Kier molecular flexibility index (Phi) is 4.00. The van der Waals surface area contributed by atoms with Crippen molar-refractivity contribution >= 4 is 11.7 Å². The predicted octanol–water partition coefficient (Wildman–Crippen LogP) is 2.54. The smallest absolute Gasteiger partial charge is 0.305 e. The van der Waals surface area contributed by atoms with Crippen LogP contribution in [0.1, 0.15) is 44.2 Å². The van der Waals surface area contributed by atoms with E-state index < -0.39 is 5.97 Å². The van der Waals surface area contributed by atoms with Gasteiger partial charge in [0.1, 0.15) is 11.8 Å². The molecule has 0 spiro atoms. The number of aliphatic carboxylic acids is 1. The molecule has 2 rings (SSSR count). The number of aromatic nitrogens is 1. The van der Waals surface area contributed by atoms with Crippen molar-refractivity contribution in [3.8, 4) is 6.07 Å². The standard InChI is InChI=1S/C14H17N3O2/c15-9-11-4-5-12(10-16-11)17-14(8-13(18)19)6-2-1-3-7-14/h4-5,10,17H,1-3,6-8H2,(H,18,19). The monoisotopic (exact) mass is 259 g/mol. The Morgan fingerprint density at radius 3 is 2.68 bits per heavy atom. The van der Waals surface area contributed by atoms with Crippen molar-refractivity contribution in [2.75, 3.05) is 5.32 Å². The lowest BCUT2D eigenvalue weighted by Crippen LogP contribution is -2.42. The van der Waals surface area contributed by atoms with Crippen LogP contribution in [0.3, 0.4) is 0 Å². The van der Waals surface area contributed by atoms with Crippen LogP contribution >= 0.6 is 0 Å². The van der Waals surface area contributed by atoms with Crippen LogP contribution in [0.2, 0.25) is 0 Å². The number of nitrogens with one attached hydrogen (secondary N) is 1. The first-order valence-corrected chi connectivity index (χ1v) is 6.50. The quantitative estimate of drug-likeness (QED) is 0.867. The predicted molar refractivity (Wildman–Crippen MR) is 70.6 cm³/mol. The first kappa shape index (κ1) is 13.3. The van der Waals surface area contributed by atoms with Gasteiger partial charge in [-0.2, -0.15) is 5.26 Å². The Labute approximate surface area is 112 Å². The fraction of sp³-hybridized carbons (Fsp3) is 0.500. The molecule has 5 heteroatoms. The first-order chi connectivity index (χ1) is 9.13. The summed E-state index contributed by atoms with van der Waals surface area (Å²) in [5.41, 5.74) is 0.767. The molecule has 1 saturated carbocycles. The number of nitrogens with zero attached hydrogens (tertiary/aromatic N) is 2. The van der Waals surface area contributed by atoms with Crippen molar-refractivity contribution in [3.63, 3.8) is 0 Å². The molecule has 100 valence electrons. The second-order valence-corrected chi connectivity index (χ2v) is 5.08. The van der Waals surface area contributed by atoms with Crippen molar-refractivity contribution in [1.82, 2.24) is 4.98 Å². The summed E-state index contributed by atoms with van der Waals surface area (Å²) in [5, 5.41) is 21.1. The van der Waals surface area contributed by atoms with E-state index in [1.54, 1.807) is 18.3 Å². The second kappa shape index (κ2) is 5.70. The molecular weight excluding hydrogens is 242 g/mol. The van der Waals surface area contributed by atoms with Gasteiger partial charge in [-0.15, -0.1) is 0 Å². The zero-order chi connectivity index (χ0) is 13.7. The molecule has 0 unspecified atom stereocenters. The molecule has 1 aliphatic carbocycles. The number of hydrogen-bond donors (Lipinski definition) is 2. The van der Waals surface area contributed by atoms with Crippen LogP contribution in [0.25, 0.3) is 0 Å². The third-order valence-corrected chi connectivity index (χ3v) is 3.59. The number of nitriles is 1. The van der Waals surface area contributed by atoms with E-state index in [1.165, 1.54) is 0 Å². The van der Waals surface area contributed by atoms with Crippen LogP contribution in [-0.4, -0.2) is 21.6 Å². The average Bonchev–Trinajstić information content (AvgIpc) is 2.39. The Hall–Kier alpha value is -2.09. The van der Waals surface area contributed by atoms with Crippen LogP contribution in [-0.2, 0) is 4.79 Å². The minimum Gasteiger partial charge on any atom is -0.481 e. The van der Waals surface area contributed by atoms with Crippen LogP contribution in [0.4, 0.5) is 5.69 Å². The summed E-state index contributed by atoms with van der Waals surface area (Å²) in [6, 6.07) is 5.39. The van der Waals surface area contributed by atoms with Crippen LogP contribution < -0.4 is 5.32 Å². The lowest BCUT2D eigenvalue weighted by molar-refractivity contribution is -0.138. The highest BCUT2D eigenvalue weighted by molar-refractivity contribution is 5.69. The van der Waals surface area contributed by atoms with Gasteiger partial charge in [-0.05, 0) is 25.0 Å². The van der Waals surface area contributed by atoms with E-state index in [2.05, 4.69) is 10.3 Å². The Bertz CT molecular complexity index is 484. The largest absolute Gasteiger partial charge is 0.481 e. The molecule has 19 heavy (non-hydrogen) atoms. The van der Waals surface area contributed by atoms with E-state index in [0.717, 1.165) is 37.8 Å². The summed E-state index contributed by atoms with van der Waals surface area (Å²) in [7, 11) is 0. The molecule has 0 aliphatic heterocycles. The van der Waals surface area contributed by atoms with Gasteiger partial charge in [0.15, 0.2) is 0 Å². The molecule has 0 saturated heterocycles. The lowest BCUT2D eigenvalue weighted by atomic mass is 9.79. The minimum atomic E-state index is -0.781. The summed E-state index contributed by atoms with van der Waals surface area (Å²) in [6.07, 6.45) is 6.69. The number of carbonyl (C=O) groups is 1. The minimum absolute atomic E-state index is 0.118. The molecule has 1 aliphatic rings. The molecule has 0 amide bonds. The van der Waals surface area contributed by atoms with Gasteiger partial charge >= 0.3 is 5.97 Å². The molecular formula is C14H17N3O2. The third-order valence-electron chi connectivity index (χ3n) is 3.59. The highest BCUT2D eigenvalue weighted by atomic mass is 16.4. The molecule has 0 atom stereocenters. The lowest BCUT2D eigenvalue weighted by Gasteiger charge is -2.37. The van der Waals surface area contributed by atoms with E-state index in [4.69, 9.17) is 10.4 Å². The summed E-state index contributed by atoms with van der Waals surface area (Å²) in [6.45, 7) is 0. The van der Waals surface area contributed by atoms with E-state index in [-0.39, 0.29) is 12.0 Å². The van der Waals surface area contributed by atoms with Gasteiger partial charge in [0.25, 0.3) is 0 Å². The molecule has 0 bridgehead atoms. The molecule has 1 fully saturated rings. The van der Waals surface area contributed by atoms with E-state index >= 15 is 0 Å². The maximum Gasteiger partial charge on any atom is 0.305 e. The number of rotatable bonds is 4. The van der Waals surface area contributed by atoms with Gasteiger partial charge < -0.3 is 10.4 Å². The Morgan fingerprint density at radius 2 is 2.16 bits per heavy atom. The number of hydrogen-bond acceptors (Lipinski definition) is 4. The molecule has 0 aromatic carbocycles. The Balaban J connectivity index is 2.14. The number of anilines is 1. The first-order valence-electron chi connectivity index (χ1n) is 6.50. The van der Waals surface area contributed by atoms with Gasteiger partial charge in [-0.1, -0.05) is 19.3 Å². The zero-order valence-electron chi connectivity index (χ0n) is 10.7. The molecule has 5 nitrogen and oxygen atoms in total. The number of carboxylic acid groups (broad SMARTS) is 1. The average molecular weight is 259 g/mol. The van der Waals surface area contributed by atoms with Gasteiger partial charge in [-0.3, -0.25) is 4.79 Å². The van der Waals surface area contributed by atoms with Crippen molar-refractivity contribution in [1.29, 1.82) is 5.26 Å². The van der Waals surface area contributed by atoms with E-state index in [0.29, 0.717) is 5.69 Å². The van der Waals surface area contributed by atoms with Crippen molar-refractivity contribution in [2.24, 2.45) is 0 Å².